The molecule has 8 heteroatoms. The van der Waals surface area contributed by atoms with Gasteiger partial charge in [0.1, 0.15) is 0 Å². The molecule has 4 nitrogen and oxygen atoms in total. The molecule has 0 heterocycles. The molecule has 1 aromatic rings. The van der Waals surface area contributed by atoms with Gasteiger partial charge in [-0.05, 0) is 24.3 Å². The van der Waals surface area contributed by atoms with Crippen LogP contribution in [-0.2, 0) is 10.0 Å². The van der Waals surface area contributed by atoms with Crippen LogP contribution in [0.4, 0.5) is 14.5 Å². The molecule has 0 aromatic heterocycles. The molecular weight excluding hydrogens is 310 g/mol. The van der Waals surface area contributed by atoms with Gasteiger partial charge in [-0.2, -0.15) is 0 Å². The van der Waals surface area contributed by atoms with E-state index in [0.29, 0.717) is 5.69 Å². The van der Waals surface area contributed by atoms with E-state index in [1.807, 2.05) is 0 Å². The number of rotatable bonds is 7. The molecule has 1 aromatic carbocycles. The minimum Gasteiger partial charge on any atom is -0.365 e. The lowest BCUT2D eigenvalue weighted by Crippen LogP contribution is -2.30. The van der Waals surface area contributed by atoms with Crippen molar-refractivity contribution in [1.82, 2.24) is 4.31 Å². The monoisotopic (exact) mass is 326 g/mol. The van der Waals surface area contributed by atoms with E-state index in [1.54, 1.807) is 0 Å². The van der Waals surface area contributed by atoms with Crippen LogP contribution in [0.25, 0.3) is 0 Å². The van der Waals surface area contributed by atoms with Gasteiger partial charge in [-0.1, -0.05) is 0 Å². The van der Waals surface area contributed by atoms with Crippen molar-refractivity contribution in [3.8, 4) is 0 Å². The first-order chi connectivity index (χ1) is 9.28. The molecule has 0 amide bonds. The van der Waals surface area contributed by atoms with Crippen molar-refractivity contribution >= 4 is 27.3 Å². The van der Waals surface area contributed by atoms with Gasteiger partial charge in [-0.15, -0.1) is 11.6 Å². The maximum Gasteiger partial charge on any atom is 0.255 e. The zero-order valence-corrected chi connectivity index (χ0v) is 12.8. The SMILES string of the molecule is CN(C)S(=O)(=O)c1ccc(N(CCCl)CC(F)F)cc1. The third-order valence-corrected chi connectivity index (χ3v) is 4.69. The van der Waals surface area contributed by atoms with E-state index in [1.165, 1.54) is 43.3 Å². The van der Waals surface area contributed by atoms with Gasteiger partial charge < -0.3 is 4.90 Å². The molecule has 0 spiro atoms. The Morgan fingerprint density at radius 2 is 1.75 bits per heavy atom. The van der Waals surface area contributed by atoms with Gasteiger partial charge in [0, 0.05) is 32.2 Å². The molecule has 114 valence electrons. The Morgan fingerprint density at radius 1 is 1.20 bits per heavy atom. The fourth-order valence-corrected chi connectivity index (χ4v) is 2.74. The molecule has 0 aliphatic heterocycles. The Bertz CT molecular complexity index is 521. The lowest BCUT2D eigenvalue weighted by Gasteiger charge is -2.23. The molecule has 1 rings (SSSR count). The van der Waals surface area contributed by atoms with E-state index < -0.39 is 23.0 Å². The molecule has 0 aliphatic rings. The summed E-state index contributed by atoms with van der Waals surface area (Å²) in [5.74, 6) is 0.213. The van der Waals surface area contributed by atoms with E-state index in [0.717, 1.165) is 4.31 Å². The molecule has 0 N–H and O–H groups in total. The van der Waals surface area contributed by atoms with Crippen LogP contribution in [-0.4, -0.2) is 52.2 Å². The number of sulfonamides is 1. The van der Waals surface area contributed by atoms with Crippen LogP contribution in [0, 0.1) is 0 Å². The summed E-state index contributed by atoms with van der Waals surface area (Å²) in [4.78, 5) is 1.54. The number of hydrogen-bond acceptors (Lipinski definition) is 3. The summed E-state index contributed by atoms with van der Waals surface area (Å²) in [6.45, 7) is -0.168. The van der Waals surface area contributed by atoms with E-state index in [9.17, 15) is 17.2 Å². The molecule has 0 aliphatic carbocycles. The minimum atomic E-state index is -3.51. The summed E-state index contributed by atoms with van der Waals surface area (Å²) < 4.78 is 49.8. The highest BCUT2D eigenvalue weighted by Crippen LogP contribution is 2.20. The molecule has 0 saturated heterocycles. The van der Waals surface area contributed by atoms with Crippen molar-refractivity contribution in [2.75, 3.05) is 38.0 Å². The van der Waals surface area contributed by atoms with Gasteiger partial charge in [-0.3, -0.25) is 0 Å². The number of nitrogens with zero attached hydrogens (tertiary/aromatic N) is 2. The van der Waals surface area contributed by atoms with Crippen molar-refractivity contribution in [3.63, 3.8) is 0 Å². The predicted octanol–water partition coefficient (Wildman–Crippen LogP) is 2.25. The van der Waals surface area contributed by atoms with E-state index in [2.05, 4.69) is 0 Å². The lowest BCUT2D eigenvalue weighted by atomic mass is 10.3. The van der Waals surface area contributed by atoms with Gasteiger partial charge in [0.25, 0.3) is 6.43 Å². The van der Waals surface area contributed by atoms with Crippen LogP contribution in [0.3, 0.4) is 0 Å². The van der Waals surface area contributed by atoms with E-state index >= 15 is 0 Å². The summed E-state index contributed by atoms with van der Waals surface area (Å²) in [6.07, 6.45) is -2.48. The summed E-state index contributed by atoms with van der Waals surface area (Å²) in [5.41, 5.74) is 0.517. The minimum absolute atomic E-state index is 0.120. The number of halogens is 3. The molecule has 0 saturated carbocycles. The normalized spacial score (nSPS) is 12.2. The second kappa shape index (κ2) is 7.19. The molecule has 0 unspecified atom stereocenters. The van der Waals surface area contributed by atoms with E-state index in [4.69, 9.17) is 11.6 Å². The zero-order chi connectivity index (χ0) is 15.3. The predicted molar refractivity (Wildman–Crippen MR) is 76.3 cm³/mol. The van der Waals surface area contributed by atoms with Crippen molar-refractivity contribution in [1.29, 1.82) is 0 Å². The number of hydrogen-bond donors (Lipinski definition) is 0. The van der Waals surface area contributed by atoms with Crippen molar-refractivity contribution in [2.24, 2.45) is 0 Å². The number of alkyl halides is 3. The highest BCUT2D eigenvalue weighted by molar-refractivity contribution is 7.89. The van der Waals surface area contributed by atoms with Gasteiger partial charge in [0.2, 0.25) is 10.0 Å². The molecule has 0 fully saturated rings. The molecule has 0 bridgehead atoms. The van der Waals surface area contributed by atoms with E-state index in [-0.39, 0.29) is 17.3 Å². The maximum atomic E-state index is 12.5. The standard InChI is InChI=1S/C12H17ClF2N2O2S/c1-16(2)20(18,19)11-5-3-10(4-6-11)17(8-7-13)9-12(14)15/h3-6,12H,7-9H2,1-2H3. The molecule has 0 atom stereocenters. The zero-order valence-electron chi connectivity index (χ0n) is 11.3. The topological polar surface area (TPSA) is 40.6 Å². The van der Waals surface area contributed by atoms with Gasteiger partial charge in [0.05, 0.1) is 11.4 Å². The Balaban J connectivity index is 2.99. The van der Waals surface area contributed by atoms with Gasteiger partial charge in [0.15, 0.2) is 0 Å². The Labute approximate surface area is 123 Å². The van der Waals surface area contributed by atoms with Crippen LogP contribution in [0.5, 0.6) is 0 Å². The third kappa shape index (κ3) is 4.29. The lowest BCUT2D eigenvalue weighted by molar-refractivity contribution is 0.155. The first kappa shape index (κ1) is 17.1. The number of anilines is 1. The highest BCUT2D eigenvalue weighted by atomic mass is 35.5. The van der Waals surface area contributed by atoms with Crippen LogP contribution < -0.4 is 4.90 Å². The van der Waals surface area contributed by atoms with Crippen LogP contribution in [0.15, 0.2) is 29.2 Å². The fraction of sp³-hybridized carbons (Fsp3) is 0.500. The molecular formula is C12H17ClF2N2O2S. The Hall–Kier alpha value is -0.920. The highest BCUT2D eigenvalue weighted by Gasteiger charge is 2.18. The first-order valence-corrected chi connectivity index (χ1v) is 7.88. The van der Waals surface area contributed by atoms with Gasteiger partial charge >= 0.3 is 0 Å². The van der Waals surface area contributed by atoms with Crippen LogP contribution in [0.2, 0.25) is 0 Å². The fourth-order valence-electron chi connectivity index (χ4n) is 1.63. The third-order valence-electron chi connectivity index (χ3n) is 2.69. The second-order valence-corrected chi connectivity index (χ2v) is 6.84. The second-order valence-electron chi connectivity index (χ2n) is 4.31. The Kier molecular flexibility index (Phi) is 6.16. The van der Waals surface area contributed by atoms with Crippen LogP contribution in [0.1, 0.15) is 0 Å². The summed E-state index contributed by atoms with van der Waals surface area (Å²) >= 11 is 5.59. The summed E-state index contributed by atoms with van der Waals surface area (Å²) in [5, 5.41) is 0. The summed E-state index contributed by atoms with van der Waals surface area (Å²) in [6, 6.07) is 5.81. The van der Waals surface area contributed by atoms with Crippen molar-refractivity contribution < 1.29 is 17.2 Å². The van der Waals surface area contributed by atoms with Crippen molar-refractivity contribution in [2.45, 2.75) is 11.3 Å². The van der Waals surface area contributed by atoms with Gasteiger partial charge in [-0.25, -0.2) is 21.5 Å². The average Bonchev–Trinajstić information content (AvgIpc) is 2.37. The smallest absolute Gasteiger partial charge is 0.255 e. The summed E-state index contributed by atoms with van der Waals surface area (Å²) in [7, 11) is -0.653. The number of benzene rings is 1. The average molecular weight is 327 g/mol. The quantitative estimate of drug-likeness (QED) is 0.722. The largest absolute Gasteiger partial charge is 0.365 e. The Morgan fingerprint density at radius 3 is 2.15 bits per heavy atom. The molecule has 0 radical (unpaired) electrons. The maximum absolute atomic E-state index is 12.5. The van der Waals surface area contributed by atoms with Crippen molar-refractivity contribution in [3.05, 3.63) is 24.3 Å². The van der Waals surface area contributed by atoms with Crippen LogP contribution >= 0.6 is 11.6 Å². The molecule has 20 heavy (non-hydrogen) atoms. The first-order valence-electron chi connectivity index (χ1n) is 5.90.